The molecular formula is C16H22N2. The Labute approximate surface area is 109 Å². The highest BCUT2D eigenvalue weighted by atomic mass is 15.1. The van der Waals surface area contributed by atoms with Gasteiger partial charge in [-0.15, -0.1) is 0 Å². The topological polar surface area (TPSA) is 29.3 Å². The molecule has 3 aliphatic heterocycles. The summed E-state index contributed by atoms with van der Waals surface area (Å²) in [5, 5.41) is 0. The van der Waals surface area contributed by atoms with E-state index in [0.717, 1.165) is 24.7 Å². The van der Waals surface area contributed by atoms with Gasteiger partial charge in [0.15, 0.2) is 0 Å². The fraction of sp³-hybridized carbons (Fsp3) is 0.625. The van der Waals surface area contributed by atoms with Crippen LogP contribution < -0.4 is 5.73 Å². The molecule has 1 saturated carbocycles. The van der Waals surface area contributed by atoms with Crippen molar-refractivity contribution in [2.24, 2.45) is 11.7 Å². The number of hydrogen-bond donors (Lipinski definition) is 1. The normalized spacial score (nSPS) is 36.6. The zero-order valence-corrected chi connectivity index (χ0v) is 10.9. The fourth-order valence-electron chi connectivity index (χ4n) is 3.83. The number of nitrogens with two attached hydrogens (primary N) is 1. The fourth-order valence-corrected chi connectivity index (χ4v) is 3.83. The standard InChI is InChI=1S/C16H22N2/c17-16(7-8-16)14-3-1-12(2-4-14)15-11-18-9-5-13(15)6-10-18/h1-4,13,15H,5-11,17H2. The van der Waals surface area contributed by atoms with Crippen molar-refractivity contribution in [2.75, 3.05) is 19.6 Å². The predicted octanol–water partition coefficient (Wildman–Crippen LogP) is 2.44. The van der Waals surface area contributed by atoms with Crippen LogP contribution in [0.3, 0.4) is 0 Å². The van der Waals surface area contributed by atoms with Crippen molar-refractivity contribution >= 4 is 0 Å². The van der Waals surface area contributed by atoms with E-state index in [1.54, 1.807) is 0 Å². The molecule has 2 heteroatoms. The second-order valence-corrected chi connectivity index (χ2v) is 6.52. The summed E-state index contributed by atoms with van der Waals surface area (Å²) in [6.07, 6.45) is 5.11. The third kappa shape index (κ3) is 1.70. The first kappa shape index (κ1) is 11.0. The molecule has 3 heterocycles. The SMILES string of the molecule is NC1(c2ccc(C3CN4CCC3CC4)cc2)CC1. The number of nitrogens with zero attached hydrogens (tertiary/aromatic N) is 1. The monoisotopic (exact) mass is 242 g/mol. The summed E-state index contributed by atoms with van der Waals surface area (Å²) in [7, 11) is 0. The summed E-state index contributed by atoms with van der Waals surface area (Å²) in [4.78, 5) is 2.63. The van der Waals surface area contributed by atoms with Crippen LogP contribution >= 0.6 is 0 Å². The first-order valence-corrected chi connectivity index (χ1v) is 7.36. The van der Waals surface area contributed by atoms with E-state index < -0.39 is 0 Å². The van der Waals surface area contributed by atoms with Crippen LogP contribution in [-0.2, 0) is 5.54 Å². The number of benzene rings is 1. The lowest BCUT2D eigenvalue weighted by Crippen LogP contribution is -2.46. The van der Waals surface area contributed by atoms with Crippen LogP contribution in [0.4, 0.5) is 0 Å². The molecule has 1 unspecified atom stereocenters. The highest BCUT2D eigenvalue weighted by molar-refractivity contribution is 5.34. The molecule has 0 spiro atoms. The third-order valence-corrected chi connectivity index (χ3v) is 5.36. The third-order valence-electron chi connectivity index (χ3n) is 5.36. The van der Waals surface area contributed by atoms with Gasteiger partial charge < -0.3 is 10.6 Å². The zero-order valence-electron chi connectivity index (χ0n) is 10.9. The molecule has 1 atom stereocenters. The van der Waals surface area contributed by atoms with E-state index in [0.29, 0.717) is 0 Å². The van der Waals surface area contributed by atoms with Gasteiger partial charge in [-0.3, -0.25) is 0 Å². The van der Waals surface area contributed by atoms with E-state index in [1.807, 2.05) is 0 Å². The van der Waals surface area contributed by atoms with Gasteiger partial charge in [-0.25, -0.2) is 0 Å². The Morgan fingerprint density at radius 2 is 1.72 bits per heavy atom. The van der Waals surface area contributed by atoms with Gasteiger partial charge in [-0.2, -0.15) is 0 Å². The van der Waals surface area contributed by atoms with Crippen LogP contribution in [0.25, 0.3) is 0 Å². The maximum Gasteiger partial charge on any atom is 0.0411 e. The maximum atomic E-state index is 6.25. The highest BCUT2D eigenvalue weighted by Gasteiger charge is 2.40. The maximum absolute atomic E-state index is 6.25. The molecule has 2 nitrogen and oxygen atoms in total. The van der Waals surface area contributed by atoms with Gasteiger partial charge in [0.2, 0.25) is 0 Å². The lowest BCUT2D eigenvalue weighted by molar-refractivity contribution is 0.0871. The number of rotatable bonds is 2. The molecule has 18 heavy (non-hydrogen) atoms. The average molecular weight is 242 g/mol. The molecule has 96 valence electrons. The zero-order chi connectivity index (χ0) is 12.2. The molecule has 4 aliphatic rings. The van der Waals surface area contributed by atoms with Crippen molar-refractivity contribution in [3.05, 3.63) is 35.4 Å². The van der Waals surface area contributed by atoms with Crippen molar-refractivity contribution in [3.63, 3.8) is 0 Å². The van der Waals surface area contributed by atoms with Crippen molar-refractivity contribution in [2.45, 2.75) is 37.1 Å². The summed E-state index contributed by atoms with van der Waals surface area (Å²) in [5.41, 5.74) is 9.15. The number of fused-ring (bicyclic) bond motifs is 3. The van der Waals surface area contributed by atoms with Gasteiger partial charge in [0.25, 0.3) is 0 Å². The Morgan fingerprint density at radius 1 is 1.06 bits per heavy atom. The van der Waals surface area contributed by atoms with Crippen LogP contribution in [0.5, 0.6) is 0 Å². The Hall–Kier alpha value is -0.860. The van der Waals surface area contributed by atoms with Crippen molar-refractivity contribution < 1.29 is 0 Å². The van der Waals surface area contributed by atoms with Gasteiger partial charge in [-0.1, -0.05) is 24.3 Å². The van der Waals surface area contributed by atoms with Crippen molar-refractivity contribution in [1.82, 2.24) is 4.90 Å². The van der Waals surface area contributed by atoms with E-state index in [9.17, 15) is 0 Å². The predicted molar refractivity (Wildman–Crippen MR) is 73.4 cm³/mol. The lowest BCUT2D eigenvalue weighted by atomic mass is 9.75. The minimum absolute atomic E-state index is 0.0214. The molecule has 3 saturated heterocycles. The van der Waals surface area contributed by atoms with Crippen LogP contribution in [0, 0.1) is 5.92 Å². The van der Waals surface area contributed by atoms with Crippen LogP contribution in [0.2, 0.25) is 0 Å². The molecule has 5 rings (SSSR count). The Balaban J connectivity index is 1.58. The van der Waals surface area contributed by atoms with E-state index in [2.05, 4.69) is 29.2 Å². The molecule has 2 bridgehead atoms. The number of hydrogen-bond acceptors (Lipinski definition) is 2. The highest BCUT2D eigenvalue weighted by Crippen LogP contribution is 2.44. The second kappa shape index (κ2) is 3.82. The molecule has 1 aromatic rings. The Morgan fingerprint density at radius 3 is 2.22 bits per heavy atom. The molecule has 1 aliphatic carbocycles. The van der Waals surface area contributed by atoms with E-state index in [1.165, 1.54) is 43.6 Å². The van der Waals surface area contributed by atoms with E-state index in [4.69, 9.17) is 5.73 Å². The number of piperidine rings is 3. The molecule has 1 aromatic carbocycles. The summed E-state index contributed by atoms with van der Waals surface area (Å²) in [6.45, 7) is 3.92. The van der Waals surface area contributed by atoms with Gasteiger partial charge in [0.05, 0.1) is 0 Å². The van der Waals surface area contributed by atoms with E-state index >= 15 is 0 Å². The summed E-state index contributed by atoms with van der Waals surface area (Å²) in [6, 6.07) is 9.24. The lowest BCUT2D eigenvalue weighted by Gasteiger charge is -2.45. The quantitative estimate of drug-likeness (QED) is 0.863. The molecule has 0 amide bonds. The van der Waals surface area contributed by atoms with Crippen molar-refractivity contribution in [3.8, 4) is 0 Å². The summed E-state index contributed by atoms with van der Waals surface area (Å²) >= 11 is 0. The van der Waals surface area contributed by atoms with Crippen LogP contribution in [0.15, 0.2) is 24.3 Å². The average Bonchev–Trinajstić information content (AvgIpc) is 3.20. The van der Waals surface area contributed by atoms with Crippen molar-refractivity contribution in [1.29, 1.82) is 0 Å². The summed E-state index contributed by atoms with van der Waals surface area (Å²) in [5.74, 6) is 1.70. The van der Waals surface area contributed by atoms with Crippen LogP contribution in [0.1, 0.15) is 42.7 Å². The van der Waals surface area contributed by atoms with Gasteiger partial charge >= 0.3 is 0 Å². The largest absolute Gasteiger partial charge is 0.321 e. The molecular weight excluding hydrogens is 220 g/mol. The Bertz CT molecular complexity index is 439. The first-order chi connectivity index (χ1) is 8.74. The molecule has 0 radical (unpaired) electrons. The molecule has 0 aromatic heterocycles. The smallest absolute Gasteiger partial charge is 0.0411 e. The van der Waals surface area contributed by atoms with E-state index in [-0.39, 0.29) is 5.54 Å². The van der Waals surface area contributed by atoms with Gasteiger partial charge in [0, 0.05) is 12.1 Å². The molecule has 2 N–H and O–H groups in total. The van der Waals surface area contributed by atoms with Gasteiger partial charge in [-0.05, 0) is 61.7 Å². The molecule has 4 fully saturated rings. The first-order valence-electron chi connectivity index (χ1n) is 7.36. The minimum Gasteiger partial charge on any atom is -0.321 e. The Kier molecular flexibility index (Phi) is 2.33. The van der Waals surface area contributed by atoms with Gasteiger partial charge in [0.1, 0.15) is 0 Å². The van der Waals surface area contributed by atoms with Crippen LogP contribution in [-0.4, -0.2) is 24.5 Å². The summed E-state index contributed by atoms with van der Waals surface area (Å²) < 4.78 is 0. The minimum atomic E-state index is 0.0214. The second-order valence-electron chi connectivity index (χ2n) is 6.52.